The Hall–Kier alpha value is 0.150. The van der Waals surface area contributed by atoms with Crippen molar-refractivity contribution in [3.63, 3.8) is 0 Å². The Bertz CT molecular complexity index is 277. The van der Waals surface area contributed by atoms with Crippen LogP contribution in [0.25, 0.3) is 0 Å². The summed E-state index contributed by atoms with van der Waals surface area (Å²) in [7, 11) is -2.28. The lowest BCUT2D eigenvalue weighted by Crippen LogP contribution is -2.04. The van der Waals surface area contributed by atoms with Crippen LogP contribution < -0.4 is 0 Å². The molecule has 140 valence electrons. The first-order valence-corrected chi connectivity index (χ1v) is 12.1. The highest BCUT2D eigenvalue weighted by Gasteiger charge is 2.15. The maximum Gasteiger partial charge on any atom is 0.133 e. The Morgan fingerprint density at radius 2 is 1.09 bits per heavy atom. The van der Waals surface area contributed by atoms with E-state index >= 15 is 0 Å². The summed E-state index contributed by atoms with van der Waals surface area (Å²) in [5.41, 5.74) is 0. The number of rotatable bonds is 16. The second kappa shape index (κ2) is 14.5. The number of hydrogen-bond donors (Lipinski definition) is 0. The minimum Gasteiger partial charge on any atom is -0.374 e. The molecule has 0 saturated heterocycles. The summed E-state index contributed by atoms with van der Waals surface area (Å²) >= 11 is 0. The summed E-state index contributed by atoms with van der Waals surface area (Å²) in [5.74, 6) is 1.57. The highest BCUT2D eigenvalue weighted by atomic mass is 31.2. The van der Waals surface area contributed by atoms with Crippen molar-refractivity contribution in [3.8, 4) is 0 Å². The molecular formula is C19H41O3P. The van der Waals surface area contributed by atoms with Crippen LogP contribution in [0.15, 0.2) is 0 Å². The van der Waals surface area contributed by atoms with Gasteiger partial charge in [0.1, 0.15) is 19.8 Å². The van der Waals surface area contributed by atoms with Crippen LogP contribution in [0, 0.1) is 11.8 Å². The van der Waals surface area contributed by atoms with E-state index in [-0.39, 0.29) is 0 Å². The minimum atomic E-state index is -2.28. The molecule has 0 aromatic carbocycles. The van der Waals surface area contributed by atoms with E-state index in [1.807, 2.05) is 0 Å². The minimum absolute atomic E-state index is 0.366. The molecule has 0 spiro atoms. The van der Waals surface area contributed by atoms with Crippen LogP contribution in [0.4, 0.5) is 0 Å². The lowest BCUT2D eigenvalue weighted by atomic mass is 10.1. The summed E-state index contributed by atoms with van der Waals surface area (Å²) in [6.45, 7) is 12.3. The highest BCUT2D eigenvalue weighted by molar-refractivity contribution is 7.62. The quantitative estimate of drug-likeness (QED) is 0.240. The van der Waals surface area contributed by atoms with Crippen molar-refractivity contribution in [3.05, 3.63) is 0 Å². The van der Waals surface area contributed by atoms with Crippen molar-refractivity contribution in [1.29, 1.82) is 0 Å². The third kappa shape index (κ3) is 18.3. The smallest absolute Gasteiger partial charge is 0.133 e. The number of unbranched alkanes of at least 4 members (excludes halogenated alkanes) is 4. The van der Waals surface area contributed by atoms with Gasteiger partial charge in [-0.05, 0) is 31.3 Å². The maximum atomic E-state index is 12.3. The van der Waals surface area contributed by atoms with E-state index in [0.29, 0.717) is 12.7 Å². The van der Waals surface area contributed by atoms with E-state index in [2.05, 4.69) is 27.7 Å². The van der Waals surface area contributed by atoms with Crippen molar-refractivity contribution in [2.75, 3.05) is 32.6 Å². The SMILES string of the molecule is CC(C)CCCCCOCP(C)(=O)COCCCCCC(C)C. The van der Waals surface area contributed by atoms with Gasteiger partial charge in [0.2, 0.25) is 0 Å². The summed E-state index contributed by atoms with van der Waals surface area (Å²) in [6.07, 6.45) is 10.4. The van der Waals surface area contributed by atoms with Gasteiger partial charge in [0.05, 0.1) is 0 Å². The molecule has 0 fully saturated rings. The molecule has 0 rings (SSSR count). The Labute approximate surface area is 145 Å². The Morgan fingerprint density at radius 3 is 1.43 bits per heavy atom. The zero-order chi connectivity index (χ0) is 17.6. The molecule has 0 unspecified atom stereocenters. The predicted molar refractivity (Wildman–Crippen MR) is 102 cm³/mol. The fourth-order valence-corrected chi connectivity index (χ4v) is 3.52. The molecular weight excluding hydrogens is 307 g/mol. The number of hydrogen-bond acceptors (Lipinski definition) is 3. The van der Waals surface area contributed by atoms with Gasteiger partial charge in [-0.3, -0.25) is 0 Å². The molecule has 0 aliphatic heterocycles. The molecule has 0 amide bonds. The molecule has 3 nitrogen and oxygen atoms in total. The van der Waals surface area contributed by atoms with Crippen molar-refractivity contribution in [2.45, 2.75) is 79.1 Å². The fourth-order valence-electron chi connectivity index (χ4n) is 2.42. The molecule has 0 bridgehead atoms. The van der Waals surface area contributed by atoms with E-state index in [9.17, 15) is 4.57 Å². The molecule has 0 heterocycles. The highest BCUT2D eigenvalue weighted by Crippen LogP contribution is 2.40. The van der Waals surface area contributed by atoms with Gasteiger partial charge >= 0.3 is 0 Å². The molecule has 0 saturated carbocycles. The molecule has 0 aliphatic carbocycles. The van der Waals surface area contributed by atoms with E-state index < -0.39 is 7.14 Å². The summed E-state index contributed by atoms with van der Waals surface area (Å²) < 4.78 is 23.5. The summed E-state index contributed by atoms with van der Waals surface area (Å²) in [6, 6.07) is 0. The largest absolute Gasteiger partial charge is 0.374 e. The molecule has 0 aliphatic rings. The molecule has 0 aromatic heterocycles. The lowest BCUT2D eigenvalue weighted by Gasteiger charge is -2.14. The first-order valence-electron chi connectivity index (χ1n) is 9.54. The predicted octanol–water partition coefficient (Wildman–Crippen LogP) is 6.36. The molecule has 0 radical (unpaired) electrons. The van der Waals surface area contributed by atoms with Gasteiger partial charge in [-0.15, -0.1) is 0 Å². The first kappa shape index (κ1) is 23.1. The van der Waals surface area contributed by atoms with Crippen LogP contribution in [-0.4, -0.2) is 32.6 Å². The van der Waals surface area contributed by atoms with E-state index in [1.165, 1.54) is 38.5 Å². The molecule has 23 heavy (non-hydrogen) atoms. The Balaban J connectivity index is 3.42. The zero-order valence-electron chi connectivity index (χ0n) is 16.3. The van der Waals surface area contributed by atoms with Gasteiger partial charge in [0.15, 0.2) is 0 Å². The van der Waals surface area contributed by atoms with Crippen LogP contribution in [0.1, 0.15) is 79.1 Å². The third-order valence-corrected chi connectivity index (χ3v) is 5.33. The van der Waals surface area contributed by atoms with Crippen LogP contribution in [0.5, 0.6) is 0 Å². The standard InChI is InChI=1S/C19H41O3P/c1-18(2)12-8-6-10-14-21-16-23(5,20)17-22-15-11-7-9-13-19(3)4/h18-19H,6-17H2,1-5H3. The van der Waals surface area contributed by atoms with Gasteiger partial charge in [0.25, 0.3) is 0 Å². The topological polar surface area (TPSA) is 35.5 Å². The molecule has 0 aromatic rings. The van der Waals surface area contributed by atoms with Gasteiger partial charge in [-0.2, -0.15) is 0 Å². The second-order valence-electron chi connectivity index (χ2n) is 7.86. The zero-order valence-corrected chi connectivity index (χ0v) is 17.2. The first-order chi connectivity index (χ1) is 10.8. The molecule has 0 N–H and O–H groups in total. The third-order valence-electron chi connectivity index (χ3n) is 3.87. The average Bonchev–Trinajstić information content (AvgIpc) is 2.44. The molecule has 4 heteroatoms. The van der Waals surface area contributed by atoms with Gasteiger partial charge < -0.3 is 14.0 Å². The average molecular weight is 349 g/mol. The van der Waals surface area contributed by atoms with Crippen molar-refractivity contribution in [2.24, 2.45) is 11.8 Å². The van der Waals surface area contributed by atoms with E-state index in [1.54, 1.807) is 6.66 Å². The Morgan fingerprint density at radius 1 is 0.696 bits per heavy atom. The fraction of sp³-hybridized carbons (Fsp3) is 1.00. The number of ether oxygens (including phenoxy) is 2. The van der Waals surface area contributed by atoms with Crippen molar-refractivity contribution >= 4 is 7.14 Å². The van der Waals surface area contributed by atoms with E-state index in [4.69, 9.17) is 9.47 Å². The van der Waals surface area contributed by atoms with Gasteiger partial charge in [-0.25, -0.2) is 0 Å². The Kier molecular flexibility index (Phi) is 14.6. The van der Waals surface area contributed by atoms with Crippen LogP contribution >= 0.6 is 7.14 Å². The van der Waals surface area contributed by atoms with Crippen molar-refractivity contribution in [1.82, 2.24) is 0 Å². The monoisotopic (exact) mass is 348 g/mol. The molecule has 0 atom stereocenters. The lowest BCUT2D eigenvalue weighted by molar-refractivity contribution is 0.150. The summed E-state index contributed by atoms with van der Waals surface area (Å²) in [5, 5.41) is 0. The van der Waals surface area contributed by atoms with Crippen LogP contribution in [0.3, 0.4) is 0 Å². The maximum absolute atomic E-state index is 12.3. The second-order valence-corrected chi connectivity index (χ2v) is 11.0. The van der Waals surface area contributed by atoms with Gasteiger partial charge in [-0.1, -0.05) is 66.2 Å². The van der Waals surface area contributed by atoms with E-state index in [0.717, 1.165) is 37.9 Å². The van der Waals surface area contributed by atoms with Crippen LogP contribution in [0.2, 0.25) is 0 Å². The normalized spacial score (nSPS) is 12.5. The van der Waals surface area contributed by atoms with Gasteiger partial charge in [0, 0.05) is 13.2 Å². The summed E-state index contributed by atoms with van der Waals surface area (Å²) in [4.78, 5) is 0. The van der Waals surface area contributed by atoms with Crippen LogP contribution in [-0.2, 0) is 14.0 Å². The van der Waals surface area contributed by atoms with Crippen molar-refractivity contribution < 1.29 is 14.0 Å².